The summed E-state index contributed by atoms with van der Waals surface area (Å²) in [6.07, 6.45) is 3.67. The second-order valence-corrected chi connectivity index (χ2v) is 10.0. The number of rotatable bonds is 4. The number of likely N-dealkylation sites (tertiary alicyclic amines) is 1. The molecule has 0 aromatic heterocycles. The first-order chi connectivity index (χ1) is 9.79. The molecular weight excluding hydrogens is 281 g/mol. The molecule has 0 unspecified atom stereocenters. The van der Waals surface area contributed by atoms with Crippen LogP contribution in [0.4, 0.5) is 0 Å². The molecule has 2 aromatic rings. The van der Waals surface area contributed by atoms with Gasteiger partial charge in [-0.05, 0) is 36.5 Å². The molecule has 20 heavy (non-hydrogen) atoms. The van der Waals surface area contributed by atoms with Gasteiger partial charge in [0.25, 0.3) is 0 Å². The minimum Gasteiger partial charge on any atom is -0.298 e. The molecule has 2 aromatic carbocycles. The standard InChI is InChI=1S/C17H20NPS/c20-19(15-18-13-7-8-14-18,16-9-3-1-4-10-16)17-11-5-2-6-12-17/h1-6,9-12H,7-8,13-15H2. The summed E-state index contributed by atoms with van der Waals surface area (Å²) in [6, 6.07) is 19.7. The topological polar surface area (TPSA) is 3.24 Å². The maximum Gasteiger partial charge on any atom is 0.0351 e. The van der Waals surface area contributed by atoms with E-state index in [4.69, 9.17) is 11.8 Å². The molecule has 0 spiro atoms. The Morgan fingerprint density at radius 3 is 1.70 bits per heavy atom. The van der Waals surface area contributed by atoms with Gasteiger partial charge >= 0.3 is 0 Å². The molecule has 3 heteroatoms. The Morgan fingerprint density at radius 2 is 1.25 bits per heavy atom. The second kappa shape index (κ2) is 6.22. The maximum atomic E-state index is 6.24. The molecule has 1 aliphatic rings. The predicted octanol–water partition coefficient (Wildman–Crippen LogP) is 3.17. The van der Waals surface area contributed by atoms with E-state index >= 15 is 0 Å². The minimum absolute atomic E-state index is 1.04. The molecule has 1 heterocycles. The quantitative estimate of drug-likeness (QED) is 0.798. The molecular formula is C17H20NPS. The highest BCUT2D eigenvalue weighted by Crippen LogP contribution is 2.44. The molecule has 0 amide bonds. The van der Waals surface area contributed by atoms with E-state index in [1.165, 1.54) is 36.5 Å². The maximum absolute atomic E-state index is 6.24. The molecule has 0 N–H and O–H groups in total. The third kappa shape index (κ3) is 2.88. The number of hydrogen-bond donors (Lipinski definition) is 0. The first-order valence-corrected chi connectivity index (χ1v) is 10.2. The summed E-state index contributed by atoms with van der Waals surface area (Å²) < 4.78 is 0. The fourth-order valence-electron chi connectivity index (χ4n) is 2.86. The zero-order valence-electron chi connectivity index (χ0n) is 11.6. The number of hydrogen-bond acceptors (Lipinski definition) is 2. The fraction of sp³-hybridized carbons (Fsp3) is 0.294. The van der Waals surface area contributed by atoms with E-state index < -0.39 is 6.04 Å². The summed E-state index contributed by atoms with van der Waals surface area (Å²) in [7, 11) is 0. The molecule has 1 nitrogen and oxygen atoms in total. The lowest BCUT2D eigenvalue weighted by Gasteiger charge is -2.28. The van der Waals surface area contributed by atoms with Crippen molar-refractivity contribution < 1.29 is 0 Å². The van der Waals surface area contributed by atoms with Crippen LogP contribution in [-0.2, 0) is 11.8 Å². The number of nitrogens with zero attached hydrogens (tertiary/aromatic N) is 1. The van der Waals surface area contributed by atoms with Gasteiger partial charge in [0.05, 0.1) is 0 Å². The Hall–Kier alpha value is -0.950. The minimum atomic E-state index is -1.71. The van der Waals surface area contributed by atoms with Crippen LogP contribution in [-0.4, -0.2) is 24.3 Å². The molecule has 0 radical (unpaired) electrons. The molecule has 1 aliphatic heterocycles. The molecule has 0 aliphatic carbocycles. The van der Waals surface area contributed by atoms with Crippen LogP contribution in [0.5, 0.6) is 0 Å². The van der Waals surface area contributed by atoms with Gasteiger partial charge in [-0.15, -0.1) is 0 Å². The highest BCUT2D eigenvalue weighted by molar-refractivity contribution is 8.21. The molecule has 0 atom stereocenters. The van der Waals surface area contributed by atoms with Crippen molar-refractivity contribution in [3.05, 3.63) is 60.7 Å². The van der Waals surface area contributed by atoms with Gasteiger partial charge in [0.1, 0.15) is 0 Å². The predicted molar refractivity (Wildman–Crippen MR) is 92.1 cm³/mol. The Bertz CT molecular complexity index is 547. The summed E-state index contributed by atoms with van der Waals surface area (Å²) in [4.78, 5) is 2.56. The van der Waals surface area contributed by atoms with E-state index in [0.29, 0.717) is 0 Å². The lowest BCUT2D eigenvalue weighted by Crippen LogP contribution is -2.28. The molecule has 104 valence electrons. The van der Waals surface area contributed by atoms with E-state index in [1.54, 1.807) is 0 Å². The third-order valence-electron chi connectivity index (χ3n) is 3.94. The van der Waals surface area contributed by atoms with Crippen molar-refractivity contribution in [2.75, 3.05) is 19.4 Å². The Balaban J connectivity index is 2.00. The Kier molecular flexibility index (Phi) is 4.35. The third-order valence-corrected chi connectivity index (χ3v) is 8.62. The fourth-order valence-corrected chi connectivity index (χ4v) is 6.85. The summed E-state index contributed by atoms with van der Waals surface area (Å²) in [5.41, 5.74) is 0. The van der Waals surface area contributed by atoms with Crippen LogP contribution in [0.3, 0.4) is 0 Å². The van der Waals surface area contributed by atoms with Crippen molar-refractivity contribution >= 4 is 28.5 Å². The molecule has 0 saturated carbocycles. The van der Waals surface area contributed by atoms with E-state index in [-0.39, 0.29) is 0 Å². The van der Waals surface area contributed by atoms with Gasteiger partial charge in [0.2, 0.25) is 0 Å². The summed E-state index contributed by atoms with van der Waals surface area (Å²) in [5, 5.41) is 2.68. The zero-order valence-corrected chi connectivity index (χ0v) is 13.3. The van der Waals surface area contributed by atoms with Gasteiger partial charge in [-0.3, -0.25) is 4.90 Å². The number of benzene rings is 2. The van der Waals surface area contributed by atoms with Crippen LogP contribution in [0.25, 0.3) is 0 Å². The van der Waals surface area contributed by atoms with Gasteiger partial charge in [0.15, 0.2) is 0 Å². The van der Waals surface area contributed by atoms with Gasteiger partial charge in [0, 0.05) is 12.3 Å². The van der Waals surface area contributed by atoms with Crippen molar-refractivity contribution in [3.8, 4) is 0 Å². The van der Waals surface area contributed by atoms with E-state index in [2.05, 4.69) is 65.6 Å². The SMILES string of the molecule is S=P(CN1CCCC1)(c1ccccc1)c1ccccc1. The highest BCUT2D eigenvalue weighted by atomic mass is 32.4. The van der Waals surface area contributed by atoms with Gasteiger partial charge in [-0.1, -0.05) is 72.5 Å². The van der Waals surface area contributed by atoms with E-state index in [9.17, 15) is 0 Å². The van der Waals surface area contributed by atoms with Crippen molar-refractivity contribution in [2.45, 2.75) is 12.8 Å². The molecule has 0 bridgehead atoms. The largest absolute Gasteiger partial charge is 0.298 e. The summed E-state index contributed by atoms with van der Waals surface area (Å²) >= 11 is 6.24. The van der Waals surface area contributed by atoms with Crippen LogP contribution in [0.2, 0.25) is 0 Å². The first-order valence-electron chi connectivity index (χ1n) is 7.22. The van der Waals surface area contributed by atoms with Crippen molar-refractivity contribution in [1.82, 2.24) is 4.90 Å². The van der Waals surface area contributed by atoms with Crippen molar-refractivity contribution in [2.24, 2.45) is 0 Å². The highest BCUT2D eigenvalue weighted by Gasteiger charge is 2.26. The van der Waals surface area contributed by atoms with Crippen LogP contribution in [0.15, 0.2) is 60.7 Å². The zero-order chi connectivity index (χ0) is 13.8. The average molecular weight is 301 g/mol. The van der Waals surface area contributed by atoms with Crippen LogP contribution < -0.4 is 10.6 Å². The first kappa shape index (κ1) is 14.0. The van der Waals surface area contributed by atoms with Crippen LogP contribution in [0, 0.1) is 0 Å². The lowest BCUT2D eigenvalue weighted by atomic mass is 10.4. The van der Waals surface area contributed by atoms with Gasteiger partial charge in [-0.25, -0.2) is 0 Å². The van der Waals surface area contributed by atoms with Crippen molar-refractivity contribution in [1.29, 1.82) is 0 Å². The monoisotopic (exact) mass is 301 g/mol. The second-order valence-electron chi connectivity index (χ2n) is 5.38. The lowest BCUT2D eigenvalue weighted by molar-refractivity contribution is 0.398. The molecule has 1 fully saturated rings. The van der Waals surface area contributed by atoms with Crippen LogP contribution >= 0.6 is 6.04 Å². The van der Waals surface area contributed by atoms with E-state index in [0.717, 1.165) is 6.29 Å². The smallest absolute Gasteiger partial charge is 0.0351 e. The summed E-state index contributed by atoms with van der Waals surface area (Å²) in [5.74, 6) is 0. The van der Waals surface area contributed by atoms with E-state index in [1.807, 2.05) is 0 Å². The Labute approximate surface area is 126 Å². The molecule has 1 saturated heterocycles. The van der Waals surface area contributed by atoms with Gasteiger partial charge in [-0.2, -0.15) is 0 Å². The van der Waals surface area contributed by atoms with Gasteiger partial charge < -0.3 is 0 Å². The normalized spacial score (nSPS) is 16.4. The summed E-state index contributed by atoms with van der Waals surface area (Å²) in [6.45, 7) is 2.41. The average Bonchev–Trinajstić information content (AvgIpc) is 3.02. The Morgan fingerprint density at radius 1 is 0.800 bits per heavy atom. The van der Waals surface area contributed by atoms with Crippen molar-refractivity contribution in [3.63, 3.8) is 0 Å². The molecule has 3 rings (SSSR count). The van der Waals surface area contributed by atoms with Crippen LogP contribution in [0.1, 0.15) is 12.8 Å².